The summed E-state index contributed by atoms with van der Waals surface area (Å²) in [7, 11) is 1.35. The van der Waals surface area contributed by atoms with Gasteiger partial charge in [0.2, 0.25) is 5.95 Å². The number of halogens is 2. The topological polar surface area (TPSA) is 135 Å². The highest BCUT2D eigenvalue weighted by Crippen LogP contribution is 2.39. The molecule has 39 heavy (non-hydrogen) atoms. The van der Waals surface area contributed by atoms with E-state index in [-0.39, 0.29) is 46.6 Å². The van der Waals surface area contributed by atoms with Crippen molar-refractivity contribution in [2.24, 2.45) is 0 Å². The molecule has 3 aliphatic rings. The Hall–Kier alpha value is -3.06. The second-order valence-corrected chi connectivity index (χ2v) is 11.0. The second kappa shape index (κ2) is 10.2. The molecule has 13 heteroatoms. The van der Waals surface area contributed by atoms with E-state index in [4.69, 9.17) is 25.8 Å². The number of aromatic amines is 1. The van der Waals surface area contributed by atoms with Gasteiger partial charge in [0, 0.05) is 24.6 Å². The van der Waals surface area contributed by atoms with E-state index in [0.29, 0.717) is 55.1 Å². The number of likely N-dealkylation sites (tertiary alicyclic amines) is 1. The predicted octanol–water partition coefficient (Wildman–Crippen LogP) is 3.78. The number of aromatic nitrogens is 4. The van der Waals surface area contributed by atoms with Gasteiger partial charge in [-0.25, -0.2) is 24.1 Å². The van der Waals surface area contributed by atoms with Gasteiger partial charge in [0.05, 0.1) is 48.3 Å². The van der Waals surface area contributed by atoms with E-state index < -0.39 is 18.2 Å². The summed E-state index contributed by atoms with van der Waals surface area (Å²) >= 11 is 6.57. The Morgan fingerprint density at radius 2 is 2.21 bits per heavy atom. The highest BCUT2D eigenvalue weighted by Gasteiger charge is 2.43. The molecule has 5 heterocycles. The molecule has 0 aliphatic carbocycles. The lowest BCUT2D eigenvalue weighted by molar-refractivity contribution is -0.156. The van der Waals surface area contributed by atoms with Gasteiger partial charge < -0.3 is 34.5 Å². The van der Waals surface area contributed by atoms with Gasteiger partial charge in [-0.2, -0.15) is 0 Å². The summed E-state index contributed by atoms with van der Waals surface area (Å²) in [5, 5.41) is 14.0. The minimum Gasteiger partial charge on any atom is -0.453 e. The average molecular weight is 561 g/mol. The number of aliphatic hydroxyl groups is 1. The molecule has 0 spiro atoms. The molecule has 0 saturated carbocycles. The number of anilines is 1. The quantitative estimate of drug-likeness (QED) is 0.426. The molecule has 3 aliphatic heterocycles. The predicted molar refractivity (Wildman–Crippen MR) is 140 cm³/mol. The Labute approximate surface area is 229 Å². The highest BCUT2D eigenvalue weighted by atomic mass is 35.5. The molecule has 3 saturated heterocycles. The molecule has 5 atom stereocenters. The van der Waals surface area contributed by atoms with Gasteiger partial charge in [0.15, 0.2) is 12.1 Å². The lowest BCUT2D eigenvalue weighted by Gasteiger charge is -2.32. The zero-order valence-corrected chi connectivity index (χ0v) is 22.5. The summed E-state index contributed by atoms with van der Waals surface area (Å²) in [5.41, 5.74) is 2.52. The van der Waals surface area contributed by atoms with Crippen LogP contribution in [0.25, 0.3) is 22.3 Å². The smallest absolute Gasteiger partial charge is 0.409 e. The third-order valence-electron chi connectivity index (χ3n) is 7.66. The van der Waals surface area contributed by atoms with Crippen LogP contribution < -0.4 is 5.32 Å². The Morgan fingerprint density at radius 3 is 2.97 bits per heavy atom. The largest absolute Gasteiger partial charge is 0.453 e. The number of rotatable bonds is 5. The molecule has 1 aromatic carbocycles. The Morgan fingerprint density at radius 1 is 1.38 bits per heavy atom. The number of benzene rings is 1. The van der Waals surface area contributed by atoms with Crippen molar-refractivity contribution in [3.05, 3.63) is 34.5 Å². The number of carbonyl (C=O) groups excluding carboxylic acids is 1. The van der Waals surface area contributed by atoms with Crippen LogP contribution in [0, 0.1) is 5.82 Å². The van der Waals surface area contributed by atoms with Crippen molar-refractivity contribution in [1.82, 2.24) is 24.8 Å². The van der Waals surface area contributed by atoms with Crippen molar-refractivity contribution in [3.63, 3.8) is 0 Å². The van der Waals surface area contributed by atoms with Gasteiger partial charge in [-0.05, 0) is 30.4 Å². The maximum Gasteiger partial charge on any atom is 0.409 e. The molecule has 1 unspecified atom stereocenters. The zero-order valence-electron chi connectivity index (χ0n) is 21.8. The standard InChI is InChI=1S/C26H30ClFN6O5/c1-11(2)18-14(7-16(28)20-21(18)32-23(31-20)12-4-5-34(9-12)26(36)37-3)19-15(27)8-29-25(33-19)30-17-6-13-10-38-24(39-13)22(17)35/h7-8,11-13,17,22,24,35H,4-6,9-10H2,1-3H3,(H,31,32)(H,29,30,33)/t12-,13+,17?,22+,24-/m1/s1. The van der Waals surface area contributed by atoms with Crippen molar-refractivity contribution in [1.29, 1.82) is 0 Å². The van der Waals surface area contributed by atoms with E-state index in [1.165, 1.54) is 19.4 Å². The maximum atomic E-state index is 15.6. The van der Waals surface area contributed by atoms with E-state index in [0.717, 1.165) is 5.56 Å². The number of nitrogens with zero attached hydrogens (tertiary/aromatic N) is 4. The number of imidazole rings is 1. The van der Waals surface area contributed by atoms with E-state index in [1.807, 2.05) is 13.8 Å². The molecule has 6 rings (SSSR count). The van der Waals surface area contributed by atoms with Gasteiger partial charge in [0.25, 0.3) is 0 Å². The Bertz CT molecular complexity index is 1420. The van der Waals surface area contributed by atoms with Crippen molar-refractivity contribution in [3.8, 4) is 11.3 Å². The van der Waals surface area contributed by atoms with Crippen LogP contribution in [0.4, 0.5) is 15.1 Å². The molecule has 11 nitrogen and oxygen atoms in total. The van der Waals surface area contributed by atoms with Crippen molar-refractivity contribution < 1.29 is 28.5 Å². The molecule has 208 valence electrons. The molecule has 2 aromatic heterocycles. The molecular weight excluding hydrogens is 531 g/mol. The van der Waals surface area contributed by atoms with Gasteiger partial charge in [-0.15, -0.1) is 0 Å². The van der Waals surface area contributed by atoms with Crippen molar-refractivity contribution in [2.75, 3.05) is 32.1 Å². The summed E-state index contributed by atoms with van der Waals surface area (Å²) in [5.74, 6) is 0.277. The summed E-state index contributed by atoms with van der Waals surface area (Å²) in [4.78, 5) is 30.5. The fourth-order valence-electron chi connectivity index (χ4n) is 5.76. The summed E-state index contributed by atoms with van der Waals surface area (Å²) in [6, 6.07) is 1.03. The monoisotopic (exact) mass is 560 g/mol. The Balaban J connectivity index is 1.36. The first-order valence-corrected chi connectivity index (χ1v) is 13.4. The first-order valence-electron chi connectivity index (χ1n) is 13.0. The van der Waals surface area contributed by atoms with E-state index in [1.54, 1.807) is 4.90 Å². The van der Waals surface area contributed by atoms with Crippen molar-refractivity contribution >= 4 is 34.7 Å². The van der Waals surface area contributed by atoms with Crippen LogP contribution in [0.2, 0.25) is 5.02 Å². The minimum absolute atomic E-state index is 0.0286. The number of aliphatic hydroxyl groups excluding tert-OH is 1. The number of carbonyl (C=O) groups is 1. The van der Waals surface area contributed by atoms with Crippen LogP contribution in [0.5, 0.6) is 0 Å². The van der Waals surface area contributed by atoms with Crippen LogP contribution in [0.15, 0.2) is 12.3 Å². The van der Waals surface area contributed by atoms with Crippen LogP contribution in [-0.4, -0.2) is 87.4 Å². The third kappa shape index (κ3) is 4.69. The number of hydrogen-bond acceptors (Lipinski definition) is 9. The number of methoxy groups -OCH3 is 1. The van der Waals surface area contributed by atoms with E-state index in [2.05, 4.69) is 25.3 Å². The van der Waals surface area contributed by atoms with Crippen LogP contribution in [-0.2, 0) is 14.2 Å². The molecule has 3 N–H and O–H groups in total. The molecule has 3 aromatic rings. The molecule has 3 fully saturated rings. The molecular formula is C26H30ClFN6O5. The maximum absolute atomic E-state index is 15.6. The zero-order chi connectivity index (χ0) is 27.4. The first kappa shape index (κ1) is 26.2. The SMILES string of the molecule is COC(=O)N1CC[C@@H](c2nc3c(F)cc(-c4nc(NC5C[C@H]6CO[C@H](O6)[C@H]5O)ncc4Cl)c(C(C)C)c3[nH]2)C1. The fourth-order valence-corrected chi connectivity index (χ4v) is 5.95. The molecule has 2 bridgehead atoms. The highest BCUT2D eigenvalue weighted by molar-refractivity contribution is 6.33. The van der Waals surface area contributed by atoms with Gasteiger partial charge in [0.1, 0.15) is 17.4 Å². The van der Waals surface area contributed by atoms with Crippen LogP contribution in [0.1, 0.15) is 49.9 Å². The number of H-pyrrole nitrogens is 1. The van der Waals surface area contributed by atoms with Crippen LogP contribution in [0.3, 0.4) is 0 Å². The second-order valence-electron chi connectivity index (χ2n) is 10.5. The summed E-state index contributed by atoms with van der Waals surface area (Å²) in [6.07, 6.45) is 0.613. The average Bonchev–Trinajstić information content (AvgIpc) is 3.66. The lowest BCUT2D eigenvalue weighted by Crippen LogP contribution is -2.48. The number of ether oxygens (including phenoxy) is 3. The van der Waals surface area contributed by atoms with Gasteiger partial charge in [-0.3, -0.25) is 0 Å². The van der Waals surface area contributed by atoms with Crippen LogP contribution >= 0.6 is 11.6 Å². The number of amides is 1. The fraction of sp³-hybridized carbons (Fsp3) is 0.538. The summed E-state index contributed by atoms with van der Waals surface area (Å²) < 4.78 is 31.5. The Kier molecular flexibility index (Phi) is 6.82. The number of fused-ring (bicyclic) bond motifs is 3. The van der Waals surface area contributed by atoms with E-state index >= 15 is 4.39 Å². The number of hydrogen-bond donors (Lipinski definition) is 3. The first-order chi connectivity index (χ1) is 18.7. The summed E-state index contributed by atoms with van der Waals surface area (Å²) in [6.45, 7) is 5.43. The van der Waals surface area contributed by atoms with Gasteiger partial charge >= 0.3 is 6.09 Å². The molecule has 0 radical (unpaired) electrons. The molecule has 1 amide bonds. The number of nitrogens with one attached hydrogen (secondary N) is 2. The normalized spacial score (nSPS) is 26.5. The van der Waals surface area contributed by atoms with E-state index in [9.17, 15) is 9.90 Å². The third-order valence-corrected chi connectivity index (χ3v) is 7.94. The van der Waals surface area contributed by atoms with Gasteiger partial charge in [-0.1, -0.05) is 25.4 Å². The lowest BCUT2D eigenvalue weighted by atomic mass is 9.93. The van der Waals surface area contributed by atoms with Crippen molar-refractivity contribution in [2.45, 2.75) is 63.1 Å². The minimum atomic E-state index is -0.888.